The zero-order valence-corrected chi connectivity index (χ0v) is 12.2. The number of carbonyl (C=O) groups excluding carboxylic acids is 1. The van der Waals surface area contributed by atoms with Crippen molar-refractivity contribution in [2.75, 3.05) is 0 Å². The first-order valence-corrected chi connectivity index (χ1v) is 7.42. The van der Waals surface area contributed by atoms with Crippen LogP contribution in [0, 0.1) is 0 Å². The summed E-state index contributed by atoms with van der Waals surface area (Å²) in [5.41, 5.74) is 1.39. The summed E-state index contributed by atoms with van der Waals surface area (Å²) in [4.78, 5) is 21.2. The van der Waals surface area contributed by atoms with Crippen LogP contribution < -0.4 is 0 Å². The van der Waals surface area contributed by atoms with Crippen molar-refractivity contribution in [3.63, 3.8) is 0 Å². The molecule has 0 aliphatic rings. The van der Waals surface area contributed by atoms with Gasteiger partial charge in [0.2, 0.25) is 5.78 Å². The zero-order valence-electron chi connectivity index (χ0n) is 12.2. The molecule has 20 heavy (non-hydrogen) atoms. The summed E-state index contributed by atoms with van der Waals surface area (Å²) in [5, 5.41) is 8.44. The largest absolute Gasteiger partial charge is 0.476 e. The third-order valence-corrected chi connectivity index (χ3v) is 3.65. The smallest absolute Gasteiger partial charge is 0.372 e. The van der Waals surface area contributed by atoms with E-state index < -0.39 is 11.8 Å². The minimum Gasteiger partial charge on any atom is -0.476 e. The Balaban J connectivity index is 2.02. The molecule has 1 atom stereocenters. The predicted molar refractivity (Wildman–Crippen MR) is 79.8 cm³/mol. The normalized spacial score (nSPS) is 12.1. The van der Waals surface area contributed by atoms with Crippen LogP contribution in [0.4, 0.5) is 0 Å². The Morgan fingerprint density at radius 1 is 1.00 bits per heavy atom. The third-order valence-electron chi connectivity index (χ3n) is 3.65. The first-order valence-electron chi connectivity index (χ1n) is 7.42. The molecule has 3 nitrogen and oxygen atoms in total. The van der Waals surface area contributed by atoms with Gasteiger partial charge in [0.15, 0.2) is 0 Å². The van der Waals surface area contributed by atoms with Gasteiger partial charge in [-0.2, -0.15) is 0 Å². The van der Waals surface area contributed by atoms with Crippen molar-refractivity contribution in [3.8, 4) is 0 Å². The number of benzene rings is 1. The van der Waals surface area contributed by atoms with Crippen LogP contribution in [0.1, 0.15) is 63.4 Å². The van der Waals surface area contributed by atoms with E-state index in [1.807, 2.05) is 6.07 Å². The minimum absolute atomic E-state index is 0.176. The third kappa shape index (κ3) is 6.50. The molecule has 0 spiro atoms. The van der Waals surface area contributed by atoms with Gasteiger partial charge >= 0.3 is 5.97 Å². The lowest BCUT2D eigenvalue weighted by Crippen LogP contribution is -2.11. The number of rotatable bonds is 10. The van der Waals surface area contributed by atoms with Gasteiger partial charge in [-0.25, -0.2) is 4.79 Å². The van der Waals surface area contributed by atoms with E-state index >= 15 is 0 Å². The van der Waals surface area contributed by atoms with Crippen LogP contribution in [0.5, 0.6) is 0 Å². The summed E-state index contributed by atoms with van der Waals surface area (Å²) in [6.45, 7) is 2.25. The summed E-state index contributed by atoms with van der Waals surface area (Å²) in [7, 11) is 0. The maximum Gasteiger partial charge on any atom is 0.372 e. The lowest BCUT2D eigenvalue weighted by atomic mass is 9.95. The Kier molecular flexibility index (Phi) is 7.63. The molecular formula is C17H24O3. The van der Waals surface area contributed by atoms with Crippen molar-refractivity contribution >= 4 is 11.8 Å². The van der Waals surface area contributed by atoms with Gasteiger partial charge in [-0.05, 0) is 24.3 Å². The van der Waals surface area contributed by atoms with Gasteiger partial charge in [0, 0.05) is 6.42 Å². The Labute approximate surface area is 121 Å². The second kappa shape index (κ2) is 9.29. The highest BCUT2D eigenvalue weighted by atomic mass is 16.4. The van der Waals surface area contributed by atoms with E-state index in [-0.39, 0.29) is 6.42 Å². The minimum atomic E-state index is -1.30. The van der Waals surface area contributed by atoms with E-state index in [1.165, 1.54) is 18.4 Å². The summed E-state index contributed by atoms with van der Waals surface area (Å²) in [6, 6.07) is 10.5. The number of ketones is 1. The van der Waals surface area contributed by atoms with E-state index in [9.17, 15) is 9.59 Å². The summed E-state index contributed by atoms with van der Waals surface area (Å²) in [6.07, 6.45) is 6.40. The van der Waals surface area contributed by atoms with Gasteiger partial charge in [0.25, 0.3) is 0 Å². The average molecular weight is 276 g/mol. The molecule has 0 aliphatic carbocycles. The highest BCUT2D eigenvalue weighted by Gasteiger charge is 2.09. The number of carboxylic acids is 1. The van der Waals surface area contributed by atoms with Gasteiger partial charge in [-0.3, -0.25) is 4.79 Å². The fraction of sp³-hybridized carbons (Fsp3) is 0.529. The molecule has 1 aromatic rings. The summed E-state index contributed by atoms with van der Waals surface area (Å²) in [5.74, 6) is -1.38. The molecule has 0 bridgehead atoms. The van der Waals surface area contributed by atoms with Crippen LogP contribution in [-0.4, -0.2) is 16.9 Å². The van der Waals surface area contributed by atoms with Crippen LogP contribution in [0.3, 0.4) is 0 Å². The van der Waals surface area contributed by atoms with E-state index in [4.69, 9.17) is 5.11 Å². The van der Waals surface area contributed by atoms with Crippen molar-refractivity contribution in [1.82, 2.24) is 0 Å². The quantitative estimate of drug-likeness (QED) is 0.515. The topological polar surface area (TPSA) is 54.4 Å². The molecule has 1 rings (SSSR count). The lowest BCUT2D eigenvalue weighted by Gasteiger charge is -2.11. The monoisotopic (exact) mass is 276 g/mol. The molecule has 1 aromatic carbocycles. The van der Waals surface area contributed by atoms with Crippen LogP contribution in [-0.2, 0) is 9.59 Å². The van der Waals surface area contributed by atoms with Crippen molar-refractivity contribution in [2.24, 2.45) is 0 Å². The van der Waals surface area contributed by atoms with Crippen molar-refractivity contribution in [3.05, 3.63) is 35.9 Å². The number of hydrogen-bond acceptors (Lipinski definition) is 2. The standard InChI is InChI=1S/C17H24O3/c1-14(15-11-7-5-8-12-15)10-6-3-2-4-9-13-16(18)17(19)20/h5,7-8,11-12,14H,2-4,6,9-10,13H2,1H3,(H,19,20). The highest BCUT2D eigenvalue weighted by molar-refractivity contribution is 6.32. The van der Waals surface area contributed by atoms with Gasteiger partial charge in [-0.1, -0.05) is 62.9 Å². The second-order valence-electron chi connectivity index (χ2n) is 5.35. The van der Waals surface area contributed by atoms with E-state index in [0.29, 0.717) is 12.3 Å². The number of hydrogen-bond donors (Lipinski definition) is 1. The molecule has 0 radical (unpaired) electrons. The van der Waals surface area contributed by atoms with Crippen molar-refractivity contribution in [2.45, 2.75) is 57.8 Å². The zero-order chi connectivity index (χ0) is 14.8. The molecule has 0 saturated carbocycles. The molecule has 110 valence electrons. The number of Topliss-reactive ketones (excluding diaryl/α,β-unsaturated/α-hetero) is 1. The van der Waals surface area contributed by atoms with Crippen molar-refractivity contribution < 1.29 is 14.7 Å². The first kappa shape index (κ1) is 16.4. The molecule has 0 aromatic heterocycles. The summed E-state index contributed by atoms with van der Waals surface area (Å²) >= 11 is 0. The van der Waals surface area contributed by atoms with Gasteiger partial charge < -0.3 is 5.11 Å². The molecule has 3 heteroatoms. The maximum atomic E-state index is 10.9. The molecule has 0 saturated heterocycles. The Hall–Kier alpha value is -1.64. The number of aliphatic carboxylic acids is 1. The van der Waals surface area contributed by atoms with E-state index in [1.54, 1.807) is 0 Å². The molecule has 1 N–H and O–H groups in total. The first-order chi connectivity index (χ1) is 9.61. The Bertz CT molecular complexity index is 412. The molecular weight excluding hydrogens is 252 g/mol. The SMILES string of the molecule is CC(CCCCCCCC(=O)C(=O)O)c1ccccc1. The van der Waals surface area contributed by atoms with Crippen molar-refractivity contribution in [1.29, 1.82) is 0 Å². The number of carboxylic acid groups (broad SMARTS) is 1. The summed E-state index contributed by atoms with van der Waals surface area (Å²) < 4.78 is 0. The van der Waals surface area contributed by atoms with E-state index in [0.717, 1.165) is 19.3 Å². The van der Waals surface area contributed by atoms with Crippen LogP contribution in [0.15, 0.2) is 30.3 Å². The number of unbranched alkanes of at least 4 members (excludes halogenated alkanes) is 4. The molecule has 0 amide bonds. The Morgan fingerprint density at radius 3 is 2.25 bits per heavy atom. The van der Waals surface area contributed by atoms with Crippen LogP contribution in [0.25, 0.3) is 0 Å². The predicted octanol–water partition coefficient (Wildman–Crippen LogP) is 4.17. The highest BCUT2D eigenvalue weighted by Crippen LogP contribution is 2.21. The van der Waals surface area contributed by atoms with Crippen LogP contribution >= 0.6 is 0 Å². The van der Waals surface area contributed by atoms with Crippen LogP contribution in [0.2, 0.25) is 0 Å². The lowest BCUT2D eigenvalue weighted by molar-refractivity contribution is -0.149. The molecule has 0 aliphatic heterocycles. The number of carbonyl (C=O) groups is 2. The Morgan fingerprint density at radius 2 is 1.60 bits per heavy atom. The molecule has 1 unspecified atom stereocenters. The molecule has 0 fully saturated rings. The van der Waals surface area contributed by atoms with Gasteiger partial charge in [0.05, 0.1) is 0 Å². The van der Waals surface area contributed by atoms with E-state index in [2.05, 4.69) is 31.2 Å². The molecule has 0 heterocycles. The maximum absolute atomic E-state index is 10.9. The second-order valence-corrected chi connectivity index (χ2v) is 5.35. The van der Waals surface area contributed by atoms with Gasteiger partial charge in [-0.15, -0.1) is 0 Å². The average Bonchev–Trinajstić information content (AvgIpc) is 2.46. The van der Waals surface area contributed by atoms with Gasteiger partial charge in [0.1, 0.15) is 0 Å². The fourth-order valence-corrected chi connectivity index (χ4v) is 2.32. The fourth-order valence-electron chi connectivity index (χ4n) is 2.32.